The molecule has 1 aromatic carbocycles. The molecule has 0 aromatic heterocycles. The highest BCUT2D eigenvalue weighted by Crippen LogP contribution is 2.29. The van der Waals surface area contributed by atoms with Crippen LogP contribution in [0, 0.1) is 5.82 Å². The lowest BCUT2D eigenvalue weighted by Crippen LogP contribution is -2.18. The van der Waals surface area contributed by atoms with Crippen LogP contribution in [0.15, 0.2) is 12.1 Å². The molecule has 1 N–H and O–H groups in total. The predicted octanol–water partition coefficient (Wildman–Crippen LogP) is 5.27. The van der Waals surface area contributed by atoms with Crippen molar-refractivity contribution < 1.29 is 4.39 Å². The zero-order chi connectivity index (χ0) is 12.3. The first-order chi connectivity index (χ1) is 8.16. The molecule has 0 unspecified atom stereocenters. The van der Waals surface area contributed by atoms with E-state index in [0.717, 1.165) is 18.5 Å². The van der Waals surface area contributed by atoms with Gasteiger partial charge in [0.1, 0.15) is 0 Å². The van der Waals surface area contributed by atoms with E-state index in [0.29, 0.717) is 6.04 Å². The maximum atomic E-state index is 13.3. The minimum atomic E-state index is -0.542. The molecule has 94 valence electrons. The van der Waals surface area contributed by atoms with E-state index in [1.54, 1.807) is 12.1 Å². The molecule has 0 aliphatic heterocycles. The summed E-state index contributed by atoms with van der Waals surface area (Å²) in [5.41, 5.74) is 0.813. The Morgan fingerprint density at radius 1 is 1.00 bits per heavy atom. The second kappa shape index (κ2) is 5.92. The van der Waals surface area contributed by atoms with E-state index in [4.69, 9.17) is 23.2 Å². The molecule has 0 atom stereocenters. The summed E-state index contributed by atoms with van der Waals surface area (Å²) in [5, 5.41) is 3.55. The molecule has 0 saturated heterocycles. The molecule has 1 fully saturated rings. The number of hydrogen-bond acceptors (Lipinski definition) is 1. The molecule has 2 rings (SSSR count). The summed E-state index contributed by atoms with van der Waals surface area (Å²) < 4.78 is 13.3. The Labute approximate surface area is 111 Å². The van der Waals surface area contributed by atoms with Crippen LogP contribution in [0.2, 0.25) is 10.0 Å². The van der Waals surface area contributed by atoms with E-state index < -0.39 is 5.82 Å². The Bertz CT molecular complexity index is 364. The van der Waals surface area contributed by atoms with Gasteiger partial charge < -0.3 is 5.32 Å². The first-order valence-electron chi connectivity index (χ1n) is 6.08. The molecule has 0 bridgehead atoms. The number of halogens is 3. The monoisotopic (exact) mass is 275 g/mol. The summed E-state index contributed by atoms with van der Waals surface area (Å²) >= 11 is 11.5. The summed E-state index contributed by atoms with van der Waals surface area (Å²) in [6.07, 6.45) is 7.44. The van der Waals surface area contributed by atoms with Crippen molar-refractivity contribution in [2.45, 2.75) is 44.6 Å². The molecule has 1 aliphatic carbocycles. The van der Waals surface area contributed by atoms with E-state index >= 15 is 0 Å². The van der Waals surface area contributed by atoms with Crippen LogP contribution in [0.25, 0.3) is 0 Å². The minimum absolute atomic E-state index is 0.0774. The van der Waals surface area contributed by atoms with Gasteiger partial charge in [0.25, 0.3) is 0 Å². The second-order valence-electron chi connectivity index (χ2n) is 4.59. The van der Waals surface area contributed by atoms with Crippen LogP contribution in [0.4, 0.5) is 10.1 Å². The minimum Gasteiger partial charge on any atom is -0.382 e. The van der Waals surface area contributed by atoms with Crippen molar-refractivity contribution in [2.24, 2.45) is 0 Å². The fourth-order valence-corrected chi connectivity index (χ4v) is 2.79. The van der Waals surface area contributed by atoms with Crippen molar-refractivity contribution in [3.05, 3.63) is 28.0 Å². The molecule has 0 radical (unpaired) electrons. The standard InChI is InChI=1S/C13H16Cl2FN/c14-11-7-10(8-12(15)13(11)16)17-9-5-3-1-2-4-6-9/h7-9,17H,1-6H2. The van der Waals surface area contributed by atoms with Gasteiger partial charge >= 0.3 is 0 Å². The molecular formula is C13H16Cl2FN. The second-order valence-corrected chi connectivity index (χ2v) is 5.40. The first kappa shape index (κ1) is 13.0. The molecule has 0 amide bonds. The summed E-state index contributed by atoms with van der Waals surface area (Å²) in [6, 6.07) is 3.66. The lowest BCUT2D eigenvalue weighted by molar-refractivity contribution is 0.617. The average Bonchev–Trinajstić information content (AvgIpc) is 2.54. The Kier molecular flexibility index (Phi) is 4.52. The summed E-state index contributed by atoms with van der Waals surface area (Å²) in [5.74, 6) is -0.542. The maximum Gasteiger partial charge on any atom is 0.160 e. The van der Waals surface area contributed by atoms with E-state index in [9.17, 15) is 4.39 Å². The average molecular weight is 276 g/mol. The van der Waals surface area contributed by atoms with Crippen LogP contribution in [-0.4, -0.2) is 6.04 Å². The van der Waals surface area contributed by atoms with Crippen LogP contribution in [0.5, 0.6) is 0 Å². The van der Waals surface area contributed by atoms with E-state index in [1.165, 1.54) is 25.7 Å². The molecule has 0 heterocycles. The third-order valence-electron chi connectivity index (χ3n) is 3.21. The zero-order valence-electron chi connectivity index (χ0n) is 9.61. The SMILES string of the molecule is Fc1c(Cl)cc(NC2CCCCCC2)cc1Cl. The lowest BCUT2D eigenvalue weighted by atomic mass is 10.1. The third-order valence-corrected chi connectivity index (χ3v) is 3.76. The highest BCUT2D eigenvalue weighted by Gasteiger charge is 2.14. The zero-order valence-corrected chi connectivity index (χ0v) is 11.1. The Morgan fingerprint density at radius 3 is 2.06 bits per heavy atom. The Hall–Kier alpha value is -0.470. The number of hydrogen-bond donors (Lipinski definition) is 1. The quantitative estimate of drug-likeness (QED) is 0.573. The highest BCUT2D eigenvalue weighted by atomic mass is 35.5. The normalized spacial score (nSPS) is 17.8. The molecule has 17 heavy (non-hydrogen) atoms. The van der Waals surface area contributed by atoms with E-state index in [2.05, 4.69) is 5.32 Å². The van der Waals surface area contributed by atoms with Gasteiger partial charge in [0.05, 0.1) is 10.0 Å². The van der Waals surface area contributed by atoms with Gasteiger partial charge in [-0.15, -0.1) is 0 Å². The topological polar surface area (TPSA) is 12.0 Å². The molecule has 1 saturated carbocycles. The highest BCUT2D eigenvalue weighted by molar-refractivity contribution is 6.35. The number of nitrogens with one attached hydrogen (secondary N) is 1. The molecule has 1 aromatic rings. The summed E-state index contributed by atoms with van der Waals surface area (Å²) in [4.78, 5) is 0. The molecule has 4 heteroatoms. The van der Waals surface area contributed by atoms with Gasteiger partial charge in [-0.3, -0.25) is 0 Å². The van der Waals surface area contributed by atoms with Crippen LogP contribution < -0.4 is 5.32 Å². The number of anilines is 1. The van der Waals surface area contributed by atoms with Gasteiger partial charge in [-0.2, -0.15) is 0 Å². The third kappa shape index (κ3) is 3.49. The van der Waals surface area contributed by atoms with E-state index in [1.807, 2.05) is 0 Å². The number of benzene rings is 1. The fraction of sp³-hybridized carbons (Fsp3) is 0.538. The Morgan fingerprint density at radius 2 is 1.53 bits per heavy atom. The predicted molar refractivity (Wildman–Crippen MR) is 71.5 cm³/mol. The summed E-state index contributed by atoms with van der Waals surface area (Å²) in [6.45, 7) is 0. The van der Waals surface area contributed by atoms with Crippen molar-refractivity contribution >= 4 is 28.9 Å². The van der Waals surface area contributed by atoms with Gasteiger partial charge in [0.15, 0.2) is 5.82 Å². The summed E-state index contributed by atoms with van der Waals surface area (Å²) in [7, 11) is 0. The first-order valence-corrected chi connectivity index (χ1v) is 6.83. The van der Waals surface area contributed by atoms with Gasteiger partial charge in [-0.1, -0.05) is 48.9 Å². The van der Waals surface area contributed by atoms with Crippen molar-refractivity contribution in [2.75, 3.05) is 5.32 Å². The van der Waals surface area contributed by atoms with Crippen molar-refractivity contribution in [1.82, 2.24) is 0 Å². The van der Waals surface area contributed by atoms with Crippen molar-refractivity contribution in [1.29, 1.82) is 0 Å². The van der Waals surface area contributed by atoms with Gasteiger partial charge in [-0.25, -0.2) is 4.39 Å². The molecule has 0 spiro atoms. The lowest BCUT2D eigenvalue weighted by Gasteiger charge is -2.18. The van der Waals surface area contributed by atoms with Gasteiger partial charge in [-0.05, 0) is 25.0 Å². The smallest absolute Gasteiger partial charge is 0.160 e. The largest absolute Gasteiger partial charge is 0.382 e. The van der Waals surface area contributed by atoms with Gasteiger partial charge in [0.2, 0.25) is 0 Å². The fourth-order valence-electron chi connectivity index (χ4n) is 2.30. The van der Waals surface area contributed by atoms with Crippen LogP contribution in [0.3, 0.4) is 0 Å². The van der Waals surface area contributed by atoms with Crippen molar-refractivity contribution in [3.63, 3.8) is 0 Å². The molecule has 1 aliphatic rings. The Balaban J connectivity index is 2.07. The number of rotatable bonds is 2. The molecular weight excluding hydrogens is 260 g/mol. The maximum absolute atomic E-state index is 13.3. The molecule has 1 nitrogen and oxygen atoms in total. The van der Waals surface area contributed by atoms with Gasteiger partial charge in [0, 0.05) is 11.7 Å². The van der Waals surface area contributed by atoms with Crippen LogP contribution in [-0.2, 0) is 0 Å². The van der Waals surface area contributed by atoms with Crippen LogP contribution in [0.1, 0.15) is 38.5 Å². The van der Waals surface area contributed by atoms with Crippen LogP contribution >= 0.6 is 23.2 Å². The van der Waals surface area contributed by atoms with E-state index in [-0.39, 0.29) is 10.0 Å². The van der Waals surface area contributed by atoms with Crippen molar-refractivity contribution in [3.8, 4) is 0 Å².